The van der Waals surface area contributed by atoms with Gasteiger partial charge in [0.2, 0.25) is 0 Å². The number of ether oxygens (including phenoxy) is 1. The third kappa shape index (κ3) is 3.24. The molecule has 0 aliphatic heterocycles. The Morgan fingerprint density at radius 2 is 1.83 bits per heavy atom. The average molecular weight is 315 g/mol. The smallest absolute Gasteiger partial charge is 0.410 e. The van der Waals surface area contributed by atoms with Crippen molar-refractivity contribution < 1.29 is 9.53 Å². The van der Waals surface area contributed by atoms with E-state index in [1.807, 2.05) is 25.7 Å². The SMILES string of the molecule is CCN(C(=O)OC(C)(C)C)C1C(c2ccccc2)C2CC[C@@H]1C2. The molecular formula is C20H29NO2. The fourth-order valence-electron chi connectivity index (χ4n) is 4.64. The van der Waals surface area contributed by atoms with Gasteiger partial charge in [-0.25, -0.2) is 4.79 Å². The first-order valence-corrected chi connectivity index (χ1v) is 8.95. The maximum absolute atomic E-state index is 12.7. The lowest BCUT2D eigenvalue weighted by atomic mass is 9.79. The summed E-state index contributed by atoms with van der Waals surface area (Å²) in [6.07, 6.45) is 3.65. The van der Waals surface area contributed by atoms with Gasteiger partial charge in [-0.1, -0.05) is 30.3 Å². The van der Waals surface area contributed by atoms with Crippen molar-refractivity contribution in [1.29, 1.82) is 0 Å². The molecule has 3 unspecified atom stereocenters. The fraction of sp³-hybridized carbons (Fsp3) is 0.650. The molecule has 2 aliphatic rings. The Bertz CT molecular complexity index is 549. The molecule has 0 saturated heterocycles. The van der Waals surface area contributed by atoms with Gasteiger partial charge in [-0.05, 0) is 64.4 Å². The van der Waals surface area contributed by atoms with E-state index >= 15 is 0 Å². The van der Waals surface area contributed by atoms with E-state index < -0.39 is 5.60 Å². The molecule has 0 N–H and O–H groups in total. The third-order valence-corrected chi connectivity index (χ3v) is 5.39. The topological polar surface area (TPSA) is 29.5 Å². The second kappa shape index (κ2) is 6.18. The highest BCUT2D eigenvalue weighted by atomic mass is 16.6. The van der Waals surface area contributed by atoms with Gasteiger partial charge in [0, 0.05) is 18.5 Å². The molecule has 1 aromatic carbocycles. The number of amides is 1. The highest BCUT2D eigenvalue weighted by molar-refractivity contribution is 5.69. The molecule has 2 bridgehead atoms. The minimum absolute atomic E-state index is 0.154. The lowest BCUT2D eigenvalue weighted by Crippen LogP contribution is -2.48. The van der Waals surface area contributed by atoms with Gasteiger partial charge >= 0.3 is 6.09 Å². The standard InChI is InChI=1S/C20H29NO2/c1-5-21(19(22)23-20(2,3)4)18-16-12-11-15(13-16)17(18)14-9-7-6-8-10-14/h6-10,15-18H,5,11-13H2,1-4H3/t15?,16-,17?,18?/m1/s1. The molecule has 1 aromatic rings. The molecule has 1 amide bonds. The summed E-state index contributed by atoms with van der Waals surface area (Å²) >= 11 is 0. The van der Waals surface area contributed by atoms with Crippen LogP contribution in [0.3, 0.4) is 0 Å². The predicted octanol–water partition coefficient (Wildman–Crippen LogP) is 4.83. The summed E-state index contributed by atoms with van der Waals surface area (Å²) in [4.78, 5) is 14.7. The number of hydrogen-bond donors (Lipinski definition) is 0. The maximum Gasteiger partial charge on any atom is 0.410 e. The minimum Gasteiger partial charge on any atom is -0.444 e. The van der Waals surface area contributed by atoms with Crippen LogP contribution in [0.25, 0.3) is 0 Å². The van der Waals surface area contributed by atoms with Crippen LogP contribution in [0.4, 0.5) is 4.79 Å². The largest absolute Gasteiger partial charge is 0.444 e. The maximum atomic E-state index is 12.7. The third-order valence-electron chi connectivity index (χ3n) is 5.39. The van der Waals surface area contributed by atoms with Crippen LogP contribution in [0, 0.1) is 11.8 Å². The molecule has 4 atom stereocenters. The Labute approximate surface area is 140 Å². The van der Waals surface area contributed by atoms with Gasteiger partial charge in [0.15, 0.2) is 0 Å². The number of carbonyl (C=O) groups is 1. The molecule has 3 heteroatoms. The molecule has 0 heterocycles. The highest BCUT2D eigenvalue weighted by Crippen LogP contribution is 2.55. The van der Waals surface area contributed by atoms with E-state index in [0.717, 1.165) is 0 Å². The molecule has 126 valence electrons. The summed E-state index contributed by atoms with van der Waals surface area (Å²) in [5.74, 6) is 1.80. The summed E-state index contributed by atoms with van der Waals surface area (Å²) in [6.45, 7) is 8.60. The van der Waals surface area contributed by atoms with Crippen molar-refractivity contribution in [3.05, 3.63) is 35.9 Å². The number of likely N-dealkylation sites (N-methyl/N-ethyl adjacent to an activating group) is 1. The Balaban J connectivity index is 1.87. The van der Waals surface area contributed by atoms with Crippen LogP contribution >= 0.6 is 0 Å². The van der Waals surface area contributed by atoms with Gasteiger partial charge in [-0.15, -0.1) is 0 Å². The first-order chi connectivity index (χ1) is 10.9. The van der Waals surface area contributed by atoms with Crippen LogP contribution in [-0.2, 0) is 4.74 Å². The summed E-state index contributed by atoms with van der Waals surface area (Å²) in [6, 6.07) is 11.0. The predicted molar refractivity (Wildman–Crippen MR) is 92.4 cm³/mol. The number of fused-ring (bicyclic) bond motifs is 2. The minimum atomic E-state index is -0.440. The van der Waals surface area contributed by atoms with Crippen LogP contribution in [-0.4, -0.2) is 29.2 Å². The molecule has 3 rings (SSSR count). The van der Waals surface area contributed by atoms with E-state index in [4.69, 9.17) is 4.74 Å². The Morgan fingerprint density at radius 1 is 1.17 bits per heavy atom. The summed E-state index contributed by atoms with van der Waals surface area (Å²) in [7, 11) is 0. The molecule has 23 heavy (non-hydrogen) atoms. The van der Waals surface area contributed by atoms with Gasteiger partial charge in [0.1, 0.15) is 5.60 Å². The number of hydrogen-bond acceptors (Lipinski definition) is 2. The lowest BCUT2D eigenvalue weighted by molar-refractivity contribution is 0.00862. The van der Waals surface area contributed by atoms with Crippen molar-refractivity contribution in [2.75, 3.05) is 6.54 Å². The molecule has 2 aliphatic carbocycles. The average Bonchev–Trinajstić information content (AvgIpc) is 3.08. The molecule has 3 nitrogen and oxygen atoms in total. The van der Waals surface area contributed by atoms with E-state index in [-0.39, 0.29) is 12.1 Å². The van der Waals surface area contributed by atoms with E-state index in [1.54, 1.807) is 0 Å². The van der Waals surface area contributed by atoms with Crippen molar-refractivity contribution in [3.8, 4) is 0 Å². The number of carbonyl (C=O) groups excluding carboxylic acids is 1. The zero-order chi connectivity index (χ0) is 16.6. The first-order valence-electron chi connectivity index (χ1n) is 8.95. The zero-order valence-electron chi connectivity index (χ0n) is 14.8. The molecule has 2 saturated carbocycles. The molecular weight excluding hydrogens is 286 g/mol. The quantitative estimate of drug-likeness (QED) is 0.800. The lowest BCUT2D eigenvalue weighted by Gasteiger charge is -2.40. The Hall–Kier alpha value is -1.51. The second-order valence-corrected chi connectivity index (χ2v) is 8.03. The van der Waals surface area contributed by atoms with Gasteiger partial charge in [-0.3, -0.25) is 0 Å². The second-order valence-electron chi connectivity index (χ2n) is 8.03. The summed E-state index contributed by atoms with van der Waals surface area (Å²) < 4.78 is 5.68. The van der Waals surface area contributed by atoms with Gasteiger partial charge in [0.05, 0.1) is 0 Å². The normalized spacial score (nSPS) is 29.6. The summed E-state index contributed by atoms with van der Waals surface area (Å²) in [5, 5.41) is 0. The fourth-order valence-corrected chi connectivity index (χ4v) is 4.64. The van der Waals surface area contributed by atoms with Crippen molar-refractivity contribution in [2.24, 2.45) is 11.8 Å². The Kier molecular flexibility index (Phi) is 4.39. The molecule has 2 fully saturated rings. The first kappa shape index (κ1) is 16.4. The van der Waals surface area contributed by atoms with Crippen molar-refractivity contribution in [2.45, 2.75) is 64.5 Å². The van der Waals surface area contributed by atoms with Crippen LogP contribution in [0.5, 0.6) is 0 Å². The van der Waals surface area contributed by atoms with Crippen LogP contribution in [0.2, 0.25) is 0 Å². The monoisotopic (exact) mass is 315 g/mol. The van der Waals surface area contributed by atoms with Crippen LogP contribution in [0.1, 0.15) is 58.4 Å². The molecule has 0 radical (unpaired) electrons. The van der Waals surface area contributed by atoms with Crippen molar-refractivity contribution >= 4 is 6.09 Å². The van der Waals surface area contributed by atoms with Crippen molar-refractivity contribution in [3.63, 3.8) is 0 Å². The van der Waals surface area contributed by atoms with Crippen molar-refractivity contribution in [1.82, 2.24) is 4.90 Å². The van der Waals surface area contributed by atoms with E-state index in [0.29, 0.717) is 24.3 Å². The molecule has 0 spiro atoms. The van der Waals surface area contributed by atoms with Crippen LogP contribution < -0.4 is 0 Å². The van der Waals surface area contributed by atoms with Gasteiger partial charge in [0.25, 0.3) is 0 Å². The highest BCUT2D eigenvalue weighted by Gasteiger charge is 2.51. The Morgan fingerprint density at radius 3 is 2.43 bits per heavy atom. The van der Waals surface area contributed by atoms with Gasteiger partial charge in [-0.2, -0.15) is 0 Å². The number of nitrogens with zero attached hydrogens (tertiary/aromatic N) is 1. The van der Waals surface area contributed by atoms with E-state index in [2.05, 4.69) is 37.3 Å². The number of benzene rings is 1. The zero-order valence-corrected chi connectivity index (χ0v) is 14.8. The van der Waals surface area contributed by atoms with E-state index in [9.17, 15) is 4.79 Å². The molecule has 0 aromatic heterocycles. The van der Waals surface area contributed by atoms with Gasteiger partial charge < -0.3 is 9.64 Å². The number of rotatable bonds is 3. The summed E-state index contributed by atoms with van der Waals surface area (Å²) in [5.41, 5.74) is 0.941. The van der Waals surface area contributed by atoms with Crippen LogP contribution in [0.15, 0.2) is 30.3 Å². The van der Waals surface area contributed by atoms with E-state index in [1.165, 1.54) is 24.8 Å².